The van der Waals surface area contributed by atoms with E-state index in [1.165, 1.54) is 13.0 Å². The molecule has 0 saturated carbocycles. The summed E-state index contributed by atoms with van der Waals surface area (Å²) in [6.45, 7) is 2.39. The lowest BCUT2D eigenvalue weighted by Gasteiger charge is -2.21. The first-order chi connectivity index (χ1) is 8.11. The highest BCUT2D eigenvalue weighted by atomic mass is 19.1. The number of halogens is 2. The maximum Gasteiger partial charge on any atom is 0.174 e. The molecule has 2 rings (SSSR count). The number of ketones is 1. The van der Waals surface area contributed by atoms with E-state index < -0.39 is 28.9 Å². The van der Waals surface area contributed by atoms with Crippen LogP contribution in [0.15, 0.2) is 12.1 Å². The monoisotopic (exact) mass is 240 g/mol. The number of ether oxygens (including phenoxy) is 1. The molecule has 1 atom stereocenters. The van der Waals surface area contributed by atoms with Gasteiger partial charge in [-0.2, -0.15) is 0 Å². The first kappa shape index (κ1) is 12.2. The predicted molar refractivity (Wildman–Crippen MR) is 59.0 cm³/mol. The van der Waals surface area contributed by atoms with Crippen molar-refractivity contribution < 1.29 is 18.3 Å². The normalized spacial score (nSPS) is 20.3. The van der Waals surface area contributed by atoms with Gasteiger partial charge in [0.1, 0.15) is 11.6 Å². The predicted octanol–water partition coefficient (Wildman–Crippen LogP) is 2.88. The van der Waals surface area contributed by atoms with Gasteiger partial charge >= 0.3 is 0 Å². The second-order valence-corrected chi connectivity index (χ2v) is 4.33. The Morgan fingerprint density at radius 2 is 2.18 bits per heavy atom. The Hall–Kier alpha value is -1.29. The number of Topliss-reactive ketones (excluding diaryl/α,β-unsaturated/α-hetero) is 1. The molecule has 1 unspecified atom stereocenters. The molecular formula is C13H14F2O2. The number of carbonyl (C=O) groups excluding carboxylic acids is 1. The van der Waals surface area contributed by atoms with Crippen LogP contribution in [0.1, 0.15) is 28.8 Å². The number of hydrogen-bond acceptors (Lipinski definition) is 2. The molecule has 1 aromatic carbocycles. The van der Waals surface area contributed by atoms with Crippen LogP contribution in [-0.2, 0) is 4.74 Å². The average Bonchev–Trinajstić information content (AvgIpc) is 2.35. The molecule has 17 heavy (non-hydrogen) atoms. The Balaban J connectivity index is 2.32. The van der Waals surface area contributed by atoms with Gasteiger partial charge in [-0.3, -0.25) is 4.79 Å². The molecule has 1 aromatic rings. The molecule has 0 radical (unpaired) electrons. The quantitative estimate of drug-likeness (QED) is 0.743. The van der Waals surface area contributed by atoms with E-state index in [9.17, 15) is 13.6 Å². The summed E-state index contributed by atoms with van der Waals surface area (Å²) in [6, 6.07) is 2.47. The Bertz CT molecular complexity index is 437. The molecule has 1 saturated heterocycles. The van der Waals surface area contributed by atoms with Gasteiger partial charge in [0.2, 0.25) is 0 Å². The molecule has 1 aliphatic heterocycles. The van der Waals surface area contributed by atoms with Crippen molar-refractivity contribution in [3.63, 3.8) is 0 Å². The molecule has 0 spiro atoms. The highest BCUT2D eigenvalue weighted by Crippen LogP contribution is 2.24. The van der Waals surface area contributed by atoms with E-state index >= 15 is 0 Å². The van der Waals surface area contributed by atoms with Gasteiger partial charge in [-0.05, 0) is 31.4 Å². The zero-order valence-electron chi connectivity index (χ0n) is 9.63. The van der Waals surface area contributed by atoms with Crippen LogP contribution in [0.3, 0.4) is 0 Å². The van der Waals surface area contributed by atoms with Crippen LogP contribution in [0.2, 0.25) is 0 Å². The Labute approximate surface area is 98.6 Å². The molecule has 0 N–H and O–H groups in total. The summed E-state index contributed by atoms with van der Waals surface area (Å²) in [5, 5.41) is 0. The molecule has 1 aliphatic rings. The molecule has 0 aliphatic carbocycles. The van der Waals surface area contributed by atoms with Crippen LogP contribution in [0.4, 0.5) is 8.78 Å². The lowest BCUT2D eigenvalue weighted by Crippen LogP contribution is -2.27. The first-order valence-corrected chi connectivity index (χ1v) is 5.68. The molecular weight excluding hydrogens is 226 g/mol. The van der Waals surface area contributed by atoms with Crippen molar-refractivity contribution in [3.8, 4) is 0 Å². The fourth-order valence-corrected chi connectivity index (χ4v) is 2.03. The van der Waals surface area contributed by atoms with Crippen molar-refractivity contribution in [1.82, 2.24) is 0 Å². The topological polar surface area (TPSA) is 26.3 Å². The Kier molecular flexibility index (Phi) is 3.52. The number of hydrogen-bond donors (Lipinski definition) is 0. The minimum atomic E-state index is -0.788. The Morgan fingerprint density at radius 1 is 1.41 bits per heavy atom. The van der Waals surface area contributed by atoms with E-state index in [4.69, 9.17) is 4.74 Å². The average molecular weight is 240 g/mol. The molecule has 0 bridgehead atoms. The van der Waals surface area contributed by atoms with Gasteiger partial charge < -0.3 is 4.74 Å². The highest BCUT2D eigenvalue weighted by molar-refractivity contribution is 5.98. The minimum absolute atomic E-state index is 0.256. The van der Waals surface area contributed by atoms with E-state index in [-0.39, 0.29) is 12.2 Å². The Morgan fingerprint density at radius 3 is 2.82 bits per heavy atom. The first-order valence-electron chi connectivity index (χ1n) is 5.68. The van der Waals surface area contributed by atoms with Crippen molar-refractivity contribution in [2.45, 2.75) is 19.8 Å². The van der Waals surface area contributed by atoms with Crippen LogP contribution in [0.5, 0.6) is 0 Å². The van der Waals surface area contributed by atoms with Crippen molar-refractivity contribution in [2.75, 3.05) is 13.2 Å². The zero-order chi connectivity index (χ0) is 12.4. The summed E-state index contributed by atoms with van der Waals surface area (Å²) in [5.74, 6) is -2.44. The summed E-state index contributed by atoms with van der Waals surface area (Å²) >= 11 is 0. The fraction of sp³-hybridized carbons (Fsp3) is 0.462. The van der Waals surface area contributed by atoms with E-state index in [1.54, 1.807) is 0 Å². The van der Waals surface area contributed by atoms with Crippen molar-refractivity contribution >= 4 is 5.78 Å². The second kappa shape index (κ2) is 4.92. The van der Waals surface area contributed by atoms with Crippen LogP contribution in [0, 0.1) is 24.5 Å². The number of aryl methyl sites for hydroxylation is 1. The van der Waals surface area contributed by atoms with Gasteiger partial charge in [0, 0.05) is 12.5 Å². The maximum absolute atomic E-state index is 13.8. The van der Waals surface area contributed by atoms with Crippen molar-refractivity contribution in [3.05, 3.63) is 34.9 Å². The second-order valence-electron chi connectivity index (χ2n) is 4.33. The number of rotatable bonds is 2. The smallest absolute Gasteiger partial charge is 0.174 e. The third kappa shape index (κ3) is 2.36. The number of benzene rings is 1. The molecule has 4 heteroatoms. The van der Waals surface area contributed by atoms with Crippen LogP contribution in [-0.4, -0.2) is 19.0 Å². The lowest BCUT2D eigenvalue weighted by atomic mass is 9.91. The standard InChI is InChI=1S/C13H14F2O2/c1-8-4-5-10(14)11(12(8)15)13(16)9-3-2-6-17-7-9/h4-5,9H,2-3,6-7H2,1H3. The SMILES string of the molecule is Cc1ccc(F)c(C(=O)C2CCCOC2)c1F. The van der Waals surface area contributed by atoms with Gasteiger partial charge in [-0.1, -0.05) is 6.07 Å². The summed E-state index contributed by atoms with van der Waals surface area (Å²) in [4.78, 5) is 12.0. The van der Waals surface area contributed by atoms with Gasteiger partial charge in [0.05, 0.1) is 12.2 Å². The summed E-state index contributed by atoms with van der Waals surface area (Å²) in [5.41, 5.74) is -0.132. The van der Waals surface area contributed by atoms with Gasteiger partial charge in [-0.15, -0.1) is 0 Å². The van der Waals surface area contributed by atoms with Crippen molar-refractivity contribution in [1.29, 1.82) is 0 Å². The van der Waals surface area contributed by atoms with Gasteiger partial charge in [0.25, 0.3) is 0 Å². The highest BCUT2D eigenvalue weighted by Gasteiger charge is 2.28. The summed E-state index contributed by atoms with van der Waals surface area (Å²) < 4.78 is 32.5. The van der Waals surface area contributed by atoms with Crippen LogP contribution in [0.25, 0.3) is 0 Å². The van der Waals surface area contributed by atoms with Crippen LogP contribution >= 0.6 is 0 Å². The minimum Gasteiger partial charge on any atom is -0.381 e. The van der Waals surface area contributed by atoms with Crippen LogP contribution < -0.4 is 0 Å². The molecule has 92 valence electrons. The number of carbonyl (C=O) groups is 1. The zero-order valence-corrected chi connectivity index (χ0v) is 9.63. The third-order valence-corrected chi connectivity index (χ3v) is 3.06. The van der Waals surface area contributed by atoms with E-state index in [1.807, 2.05) is 0 Å². The molecule has 0 amide bonds. The molecule has 0 aromatic heterocycles. The molecule has 2 nitrogen and oxygen atoms in total. The van der Waals surface area contributed by atoms with E-state index in [0.717, 1.165) is 12.5 Å². The van der Waals surface area contributed by atoms with E-state index in [0.29, 0.717) is 13.0 Å². The summed E-state index contributed by atoms with van der Waals surface area (Å²) in [6.07, 6.45) is 1.39. The fourth-order valence-electron chi connectivity index (χ4n) is 2.03. The summed E-state index contributed by atoms with van der Waals surface area (Å²) in [7, 11) is 0. The molecule has 1 heterocycles. The largest absolute Gasteiger partial charge is 0.381 e. The van der Waals surface area contributed by atoms with Gasteiger partial charge in [0.15, 0.2) is 5.78 Å². The lowest BCUT2D eigenvalue weighted by molar-refractivity contribution is 0.0456. The third-order valence-electron chi connectivity index (χ3n) is 3.06. The van der Waals surface area contributed by atoms with Gasteiger partial charge in [-0.25, -0.2) is 8.78 Å². The van der Waals surface area contributed by atoms with E-state index in [2.05, 4.69) is 0 Å². The van der Waals surface area contributed by atoms with Crippen molar-refractivity contribution in [2.24, 2.45) is 5.92 Å². The molecule has 1 fully saturated rings. The maximum atomic E-state index is 13.8.